The number of amidine groups is 1. The van der Waals surface area contributed by atoms with E-state index in [4.69, 9.17) is 11.6 Å². The average molecular weight is 318 g/mol. The molecule has 0 aliphatic heterocycles. The summed E-state index contributed by atoms with van der Waals surface area (Å²) >= 11 is 0. The number of hydrogen-bond donors (Lipinski definition) is 3. The van der Waals surface area contributed by atoms with E-state index in [0.29, 0.717) is 22.8 Å². The summed E-state index contributed by atoms with van der Waals surface area (Å²) in [4.78, 5) is 4.61. The van der Waals surface area contributed by atoms with Crippen LogP contribution in [-0.2, 0) is 17.5 Å². The fourth-order valence-corrected chi connectivity index (χ4v) is 2.39. The Balaban J connectivity index is 2.06. The molecule has 0 fully saturated rings. The van der Waals surface area contributed by atoms with E-state index in [9.17, 15) is 4.21 Å². The van der Waals surface area contributed by atoms with Crippen LogP contribution in [0.25, 0.3) is 0 Å². The number of rotatable bonds is 6. The Morgan fingerprint density at radius 1 is 1.27 bits per heavy atom. The maximum Gasteiger partial charge on any atom is 0.152 e. The summed E-state index contributed by atoms with van der Waals surface area (Å²) in [5.41, 5.74) is 7.62. The van der Waals surface area contributed by atoms with Crippen LogP contribution < -0.4 is 16.3 Å². The van der Waals surface area contributed by atoms with Gasteiger partial charge in [-0.15, -0.1) is 5.10 Å². The molecule has 0 amide bonds. The van der Waals surface area contributed by atoms with Crippen LogP contribution in [0.15, 0.2) is 58.8 Å². The zero-order chi connectivity index (χ0) is 15.9. The molecule has 0 spiro atoms. The number of nitrogens with zero attached hydrogens (tertiary/aromatic N) is 3. The molecule has 1 heterocycles. The van der Waals surface area contributed by atoms with Crippen LogP contribution in [-0.4, -0.2) is 27.2 Å². The van der Waals surface area contributed by atoms with Gasteiger partial charge in [0.25, 0.3) is 0 Å². The summed E-state index contributed by atoms with van der Waals surface area (Å²) < 4.78 is 14.2. The molecular weight excluding hydrogens is 300 g/mol. The van der Waals surface area contributed by atoms with Gasteiger partial charge in [-0.3, -0.25) is 4.98 Å². The molecule has 22 heavy (non-hydrogen) atoms. The van der Waals surface area contributed by atoms with Gasteiger partial charge in [0.2, 0.25) is 0 Å². The molecule has 1 atom stereocenters. The Labute approximate surface area is 131 Å². The molecule has 5 N–H and O–H groups in total. The van der Waals surface area contributed by atoms with Gasteiger partial charge in [0.05, 0.1) is 11.4 Å². The fourth-order valence-electron chi connectivity index (χ4n) is 1.77. The number of benzene rings is 1. The normalized spacial score (nSPS) is 12.9. The molecule has 0 saturated heterocycles. The number of pyridine rings is 1. The molecule has 8 heteroatoms. The van der Waals surface area contributed by atoms with Crippen molar-refractivity contribution >= 4 is 16.8 Å². The molecule has 1 aromatic heterocycles. The van der Waals surface area contributed by atoms with Gasteiger partial charge in [0.15, 0.2) is 5.84 Å². The first-order chi connectivity index (χ1) is 10.6. The van der Waals surface area contributed by atoms with Gasteiger partial charge in [0.1, 0.15) is 11.0 Å². The lowest BCUT2D eigenvalue weighted by Crippen LogP contribution is -2.29. The number of nitrogens with one attached hydrogen (secondary N) is 1. The van der Waals surface area contributed by atoms with E-state index in [1.165, 1.54) is 5.12 Å². The first kappa shape index (κ1) is 16.1. The number of aromatic nitrogens is 1. The van der Waals surface area contributed by atoms with Gasteiger partial charge in [-0.25, -0.2) is 19.9 Å². The van der Waals surface area contributed by atoms with Crippen LogP contribution in [0.2, 0.25) is 0 Å². The van der Waals surface area contributed by atoms with E-state index in [1.54, 1.807) is 43.7 Å². The van der Waals surface area contributed by atoms with Gasteiger partial charge in [-0.2, -0.15) is 0 Å². The highest BCUT2D eigenvalue weighted by Crippen LogP contribution is 2.08. The first-order valence-corrected chi connectivity index (χ1v) is 7.70. The first-order valence-electron chi connectivity index (χ1n) is 6.55. The lowest BCUT2D eigenvalue weighted by Gasteiger charge is -2.13. The number of hydrazone groups is 1. The molecule has 0 saturated carbocycles. The van der Waals surface area contributed by atoms with Crippen molar-refractivity contribution in [3.8, 4) is 0 Å². The smallest absolute Gasteiger partial charge is 0.152 e. The predicted molar refractivity (Wildman–Crippen MR) is 86.6 cm³/mol. The summed E-state index contributed by atoms with van der Waals surface area (Å²) in [6, 6.07) is 10.7. The summed E-state index contributed by atoms with van der Waals surface area (Å²) in [5.74, 6) is 6.12. The molecule has 2 rings (SSSR count). The summed E-state index contributed by atoms with van der Waals surface area (Å²) in [6.07, 6.45) is 3.38. The maximum atomic E-state index is 11.6. The molecule has 0 radical (unpaired) electrons. The maximum absolute atomic E-state index is 11.6. The molecule has 1 aromatic carbocycles. The fraction of sp³-hybridized carbons (Fsp3) is 0.143. The topological polar surface area (TPSA) is 110 Å². The van der Waals surface area contributed by atoms with E-state index in [0.717, 1.165) is 5.56 Å². The molecule has 0 aliphatic rings. The lowest BCUT2D eigenvalue weighted by atomic mass is 10.2. The van der Waals surface area contributed by atoms with E-state index in [1.807, 2.05) is 12.1 Å². The lowest BCUT2D eigenvalue weighted by molar-refractivity contribution is 0.290. The Morgan fingerprint density at radius 3 is 2.50 bits per heavy atom. The van der Waals surface area contributed by atoms with Gasteiger partial charge in [0, 0.05) is 18.0 Å². The van der Waals surface area contributed by atoms with Crippen molar-refractivity contribution in [1.29, 1.82) is 0 Å². The van der Waals surface area contributed by atoms with Crippen LogP contribution in [0.1, 0.15) is 11.1 Å². The largest absolute Gasteiger partial charge is 0.382 e. The minimum absolute atomic E-state index is 0.290. The van der Waals surface area contributed by atoms with Crippen molar-refractivity contribution in [1.82, 2.24) is 14.8 Å². The van der Waals surface area contributed by atoms with E-state index in [-0.39, 0.29) is 0 Å². The molecule has 0 bridgehead atoms. The Morgan fingerprint density at radius 2 is 1.91 bits per heavy atom. The molecule has 0 aliphatic carbocycles. The Kier molecular flexibility index (Phi) is 5.59. The van der Waals surface area contributed by atoms with Crippen molar-refractivity contribution in [2.24, 2.45) is 16.7 Å². The monoisotopic (exact) mass is 318 g/mol. The van der Waals surface area contributed by atoms with Crippen molar-refractivity contribution in [2.75, 3.05) is 7.05 Å². The minimum atomic E-state index is -1.22. The Bertz CT molecular complexity index is 659. The van der Waals surface area contributed by atoms with E-state index < -0.39 is 11.0 Å². The quantitative estimate of drug-likeness (QED) is 0.307. The zero-order valence-corrected chi connectivity index (χ0v) is 13.0. The highest BCUT2D eigenvalue weighted by Gasteiger charge is 2.05. The predicted octanol–water partition coefficient (Wildman–Crippen LogP) is 0.320. The SMILES string of the molecule is CNS(=O)c1ccc(/C(N)=N/N(N)Cc2ccncc2)cc1. The second-order valence-electron chi connectivity index (χ2n) is 4.44. The van der Waals surface area contributed by atoms with Gasteiger partial charge < -0.3 is 5.73 Å². The molecule has 2 aromatic rings. The van der Waals surface area contributed by atoms with Crippen LogP contribution in [0.5, 0.6) is 0 Å². The molecule has 1 unspecified atom stereocenters. The van der Waals surface area contributed by atoms with Gasteiger partial charge >= 0.3 is 0 Å². The van der Waals surface area contributed by atoms with Crippen LogP contribution in [0.3, 0.4) is 0 Å². The van der Waals surface area contributed by atoms with E-state index in [2.05, 4.69) is 14.8 Å². The summed E-state index contributed by atoms with van der Waals surface area (Å²) in [6.45, 7) is 0.422. The minimum Gasteiger partial charge on any atom is -0.382 e. The number of hydrogen-bond acceptors (Lipinski definition) is 5. The van der Waals surface area contributed by atoms with Crippen molar-refractivity contribution in [3.63, 3.8) is 0 Å². The third-order valence-corrected chi connectivity index (χ3v) is 3.95. The van der Waals surface area contributed by atoms with Gasteiger partial charge in [-0.1, -0.05) is 0 Å². The number of hydrazine groups is 1. The average Bonchev–Trinajstić information content (AvgIpc) is 2.55. The third kappa shape index (κ3) is 4.35. The van der Waals surface area contributed by atoms with Gasteiger partial charge in [-0.05, 0) is 49.0 Å². The summed E-state index contributed by atoms with van der Waals surface area (Å²) in [5, 5.41) is 5.40. The zero-order valence-electron chi connectivity index (χ0n) is 12.1. The third-order valence-electron chi connectivity index (χ3n) is 2.88. The van der Waals surface area contributed by atoms with E-state index >= 15 is 0 Å². The van der Waals surface area contributed by atoms with Crippen LogP contribution in [0.4, 0.5) is 0 Å². The second-order valence-corrected chi connectivity index (χ2v) is 5.85. The summed E-state index contributed by atoms with van der Waals surface area (Å²) in [7, 11) is 0.409. The Hall–Kier alpha value is -2.29. The molecule has 116 valence electrons. The second kappa shape index (κ2) is 7.64. The standard InChI is InChI=1S/C14H18N6OS/c1-17-22(21)13-4-2-12(3-5-13)14(15)19-20(16)10-11-6-8-18-9-7-11/h2-9,17H,10,16H2,1H3,(H2,15,19). The molecule has 7 nitrogen and oxygen atoms in total. The molecular formula is C14H18N6OS. The van der Waals surface area contributed by atoms with Crippen LogP contribution >= 0.6 is 0 Å². The van der Waals surface area contributed by atoms with Crippen LogP contribution in [0, 0.1) is 0 Å². The number of nitrogens with two attached hydrogens (primary N) is 2. The van der Waals surface area contributed by atoms with Crippen molar-refractivity contribution < 1.29 is 4.21 Å². The van der Waals surface area contributed by atoms with Crippen molar-refractivity contribution in [2.45, 2.75) is 11.4 Å². The highest BCUT2D eigenvalue weighted by atomic mass is 32.2. The van der Waals surface area contributed by atoms with Crippen molar-refractivity contribution in [3.05, 3.63) is 59.9 Å². The highest BCUT2D eigenvalue weighted by molar-refractivity contribution is 7.83.